The summed E-state index contributed by atoms with van der Waals surface area (Å²) in [7, 11) is 0. The highest BCUT2D eigenvalue weighted by Crippen LogP contribution is 2.22. The van der Waals surface area contributed by atoms with Crippen molar-refractivity contribution in [2.45, 2.75) is 33.1 Å². The van der Waals surface area contributed by atoms with E-state index in [4.69, 9.17) is 0 Å². The van der Waals surface area contributed by atoms with Gasteiger partial charge in [0, 0.05) is 17.1 Å². The monoisotopic (exact) mass is 187 g/mol. The van der Waals surface area contributed by atoms with Crippen LogP contribution >= 0.6 is 0 Å². The molecule has 74 valence electrons. The van der Waals surface area contributed by atoms with Crippen molar-refractivity contribution in [1.82, 2.24) is 4.98 Å². The number of para-hydroxylation sites is 1. The van der Waals surface area contributed by atoms with Crippen LogP contribution in [0.4, 0.5) is 0 Å². The Hall–Kier alpha value is -1.24. The van der Waals surface area contributed by atoms with Crippen LogP contribution in [0.2, 0.25) is 0 Å². The zero-order valence-corrected chi connectivity index (χ0v) is 8.93. The lowest BCUT2D eigenvalue weighted by Crippen LogP contribution is -1.81. The summed E-state index contributed by atoms with van der Waals surface area (Å²) in [6, 6.07) is 6.51. The minimum Gasteiger partial charge on any atom is -0.361 e. The Morgan fingerprint density at radius 3 is 2.93 bits per heavy atom. The topological polar surface area (TPSA) is 15.8 Å². The Balaban J connectivity index is 2.42. The van der Waals surface area contributed by atoms with Gasteiger partial charge in [0.25, 0.3) is 0 Å². The Morgan fingerprint density at radius 1 is 1.29 bits per heavy atom. The summed E-state index contributed by atoms with van der Waals surface area (Å²) in [5, 5.41) is 1.40. The van der Waals surface area contributed by atoms with E-state index in [1.165, 1.54) is 41.3 Å². The minimum absolute atomic E-state index is 1.19. The van der Waals surface area contributed by atoms with Crippen molar-refractivity contribution in [2.24, 2.45) is 0 Å². The third-order valence-corrected chi connectivity index (χ3v) is 2.81. The van der Waals surface area contributed by atoms with Crippen LogP contribution in [-0.2, 0) is 6.42 Å². The highest BCUT2D eigenvalue weighted by molar-refractivity contribution is 5.85. The van der Waals surface area contributed by atoms with Crippen LogP contribution in [0.3, 0.4) is 0 Å². The van der Waals surface area contributed by atoms with E-state index in [-0.39, 0.29) is 0 Å². The molecule has 1 N–H and O–H groups in total. The second kappa shape index (κ2) is 3.87. The maximum absolute atomic E-state index is 3.37. The number of aryl methyl sites for hydroxylation is 2. The van der Waals surface area contributed by atoms with Crippen molar-refractivity contribution in [1.29, 1.82) is 0 Å². The number of aromatic amines is 1. The number of hydrogen-bond donors (Lipinski definition) is 1. The number of unbranched alkanes of at least 4 members (excludes halogenated alkanes) is 1. The molecule has 14 heavy (non-hydrogen) atoms. The van der Waals surface area contributed by atoms with E-state index in [9.17, 15) is 0 Å². The summed E-state index contributed by atoms with van der Waals surface area (Å²) in [5.41, 5.74) is 4.11. The molecule has 0 aliphatic rings. The lowest BCUT2D eigenvalue weighted by Gasteiger charge is -1.98. The lowest BCUT2D eigenvalue weighted by atomic mass is 10.1. The molecule has 0 unspecified atom stereocenters. The van der Waals surface area contributed by atoms with Gasteiger partial charge in [-0.3, -0.25) is 0 Å². The zero-order valence-electron chi connectivity index (χ0n) is 8.93. The van der Waals surface area contributed by atoms with Gasteiger partial charge < -0.3 is 4.98 Å². The van der Waals surface area contributed by atoms with Gasteiger partial charge in [-0.25, -0.2) is 0 Å². The molecule has 0 radical (unpaired) electrons. The fourth-order valence-corrected chi connectivity index (χ4v) is 1.94. The molecular formula is C13H17N. The van der Waals surface area contributed by atoms with Crippen molar-refractivity contribution in [3.05, 3.63) is 35.5 Å². The number of aromatic nitrogens is 1. The molecule has 0 saturated carbocycles. The minimum atomic E-state index is 1.19. The predicted octanol–water partition coefficient (Wildman–Crippen LogP) is 3.82. The molecule has 0 saturated heterocycles. The van der Waals surface area contributed by atoms with Crippen molar-refractivity contribution in [3.8, 4) is 0 Å². The van der Waals surface area contributed by atoms with Gasteiger partial charge in [0.2, 0.25) is 0 Å². The molecular weight excluding hydrogens is 170 g/mol. The van der Waals surface area contributed by atoms with E-state index in [0.29, 0.717) is 0 Å². The second-order valence-electron chi connectivity index (χ2n) is 3.91. The fraction of sp³-hybridized carbons (Fsp3) is 0.385. The first-order valence-electron chi connectivity index (χ1n) is 5.38. The van der Waals surface area contributed by atoms with Crippen molar-refractivity contribution in [2.75, 3.05) is 0 Å². The van der Waals surface area contributed by atoms with Crippen LogP contribution in [0.5, 0.6) is 0 Å². The molecule has 0 atom stereocenters. The van der Waals surface area contributed by atoms with E-state index < -0.39 is 0 Å². The average Bonchev–Trinajstić information content (AvgIpc) is 2.60. The standard InChI is InChI=1S/C13H17N/c1-3-4-7-11-9-14-13-10(2)6-5-8-12(11)13/h5-6,8-9,14H,3-4,7H2,1-2H3. The van der Waals surface area contributed by atoms with Gasteiger partial charge in [-0.15, -0.1) is 0 Å². The molecule has 0 aliphatic heterocycles. The molecule has 1 heteroatoms. The van der Waals surface area contributed by atoms with Crippen molar-refractivity contribution >= 4 is 10.9 Å². The Bertz CT molecular complexity index is 426. The molecule has 0 fully saturated rings. The van der Waals surface area contributed by atoms with Gasteiger partial charge >= 0.3 is 0 Å². The number of rotatable bonds is 3. The number of benzene rings is 1. The highest BCUT2D eigenvalue weighted by Gasteiger charge is 2.03. The smallest absolute Gasteiger partial charge is 0.0486 e. The van der Waals surface area contributed by atoms with E-state index in [0.717, 1.165) is 0 Å². The molecule has 1 aromatic carbocycles. The molecule has 1 heterocycles. The van der Waals surface area contributed by atoms with Crippen LogP contribution in [0.15, 0.2) is 24.4 Å². The summed E-state index contributed by atoms with van der Waals surface area (Å²) >= 11 is 0. The van der Waals surface area contributed by atoms with Crippen LogP contribution in [0.25, 0.3) is 10.9 Å². The Morgan fingerprint density at radius 2 is 2.14 bits per heavy atom. The number of nitrogens with one attached hydrogen (secondary N) is 1. The summed E-state index contributed by atoms with van der Waals surface area (Å²) in [4.78, 5) is 3.37. The number of fused-ring (bicyclic) bond motifs is 1. The molecule has 1 aromatic heterocycles. The summed E-state index contributed by atoms with van der Waals surface area (Å²) in [6.45, 7) is 4.39. The Labute approximate surface area is 85.1 Å². The number of H-pyrrole nitrogens is 1. The first-order valence-corrected chi connectivity index (χ1v) is 5.38. The normalized spacial score (nSPS) is 11.0. The van der Waals surface area contributed by atoms with Crippen LogP contribution in [0, 0.1) is 6.92 Å². The summed E-state index contributed by atoms with van der Waals surface area (Å²) in [5.74, 6) is 0. The highest BCUT2D eigenvalue weighted by atomic mass is 14.7. The number of hydrogen-bond acceptors (Lipinski definition) is 0. The molecule has 0 amide bonds. The van der Waals surface area contributed by atoms with E-state index in [2.05, 4.69) is 43.2 Å². The lowest BCUT2D eigenvalue weighted by molar-refractivity contribution is 0.799. The van der Waals surface area contributed by atoms with E-state index >= 15 is 0 Å². The van der Waals surface area contributed by atoms with E-state index in [1.807, 2.05) is 0 Å². The molecule has 0 bridgehead atoms. The Kier molecular flexibility index (Phi) is 2.58. The van der Waals surface area contributed by atoms with Gasteiger partial charge in [-0.05, 0) is 30.9 Å². The summed E-state index contributed by atoms with van der Waals surface area (Å²) < 4.78 is 0. The molecule has 0 aliphatic carbocycles. The van der Waals surface area contributed by atoms with Gasteiger partial charge in [-0.2, -0.15) is 0 Å². The largest absolute Gasteiger partial charge is 0.361 e. The maximum Gasteiger partial charge on any atom is 0.0486 e. The fourth-order valence-electron chi connectivity index (χ4n) is 1.94. The first kappa shape index (κ1) is 9.32. The van der Waals surface area contributed by atoms with Crippen LogP contribution < -0.4 is 0 Å². The predicted molar refractivity (Wildman–Crippen MR) is 61.6 cm³/mol. The first-order chi connectivity index (χ1) is 6.83. The molecule has 1 nitrogen and oxygen atoms in total. The third kappa shape index (κ3) is 1.54. The zero-order chi connectivity index (χ0) is 9.97. The quantitative estimate of drug-likeness (QED) is 0.752. The average molecular weight is 187 g/mol. The van der Waals surface area contributed by atoms with Crippen molar-refractivity contribution in [3.63, 3.8) is 0 Å². The molecule has 0 spiro atoms. The van der Waals surface area contributed by atoms with Crippen molar-refractivity contribution < 1.29 is 0 Å². The maximum atomic E-state index is 3.37. The van der Waals surface area contributed by atoms with Gasteiger partial charge in [0.1, 0.15) is 0 Å². The summed E-state index contributed by atoms with van der Waals surface area (Å²) in [6.07, 6.45) is 5.90. The van der Waals surface area contributed by atoms with E-state index in [1.54, 1.807) is 0 Å². The molecule has 2 aromatic rings. The SMILES string of the molecule is CCCCc1c[nH]c2c(C)cccc12. The van der Waals surface area contributed by atoms with Crippen LogP contribution in [-0.4, -0.2) is 4.98 Å². The van der Waals surface area contributed by atoms with Gasteiger partial charge in [0.15, 0.2) is 0 Å². The van der Waals surface area contributed by atoms with Gasteiger partial charge in [-0.1, -0.05) is 31.5 Å². The second-order valence-corrected chi connectivity index (χ2v) is 3.91. The molecule has 2 rings (SSSR count). The van der Waals surface area contributed by atoms with Gasteiger partial charge in [0.05, 0.1) is 0 Å². The van der Waals surface area contributed by atoms with Crippen LogP contribution in [0.1, 0.15) is 30.9 Å². The third-order valence-electron chi connectivity index (χ3n) is 2.81.